The highest BCUT2D eigenvalue weighted by molar-refractivity contribution is 5.15. The van der Waals surface area contributed by atoms with E-state index in [-0.39, 0.29) is 5.48 Å². The smallest absolute Gasteiger partial charge is 0.104 e. The highest BCUT2D eigenvalue weighted by Crippen LogP contribution is 2.14. The van der Waals surface area contributed by atoms with Gasteiger partial charge in [-0.2, -0.15) is 0 Å². The molecule has 18 heavy (non-hydrogen) atoms. The average Bonchev–Trinajstić information content (AvgIpc) is 2.30. The third-order valence-corrected chi connectivity index (χ3v) is 2.91. The summed E-state index contributed by atoms with van der Waals surface area (Å²) in [5.74, 6) is 0. The highest BCUT2D eigenvalue weighted by atomic mass is 16.0. The maximum atomic E-state index is 2.28. The van der Waals surface area contributed by atoms with Crippen LogP contribution in [0, 0.1) is 0 Å². The molecule has 0 radical (unpaired) electrons. The summed E-state index contributed by atoms with van der Waals surface area (Å²) in [5.41, 5.74) is 2.79. The van der Waals surface area contributed by atoms with E-state index in [1.54, 1.807) is 0 Å². The Bertz CT molecular complexity index is 408. The van der Waals surface area contributed by atoms with Crippen molar-refractivity contribution in [3.05, 3.63) is 71.8 Å². The number of hydrogen-bond donors (Lipinski definition) is 0. The molecule has 0 bridgehead atoms. The molecule has 0 aliphatic heterocycles. The van der Waals surface area contributed by atoms with Crippen LogP contribution in [0.1, 0.15) is 11.1 Å². The van der Waals surface area contributed by atoms with Crippen LogP contribution in [0.25, 0.3) is 0 Å². The van der Waals surface area contributed by atoms with Crippen LogP contribution < -0.4 is 0 Å². The summed E-state index contributed by atoms with van der Waals surface area (Å²) in [6.07, 6.45) is 0. The molecule has 0 atom stereocenters. The van der Waals surface area contributed by atoms with Gasteiger partial charge in [0.2, 0.25) is 0 Å². The Morgan fingerprint density at radius 3 is 1.33 bits per heavy atom. The van der Waals surface area contributed by atoms with Crippen LogP contribution in [-0.4, -0.2) is 24.1 Å². The minimum absolute atomic E-state index is 0. The molecule has 0 spiro atoms. The van der Waals surface area contributed by atoms with Crippen molar-refractivity contribution in [2.75, 3.05) is 14.1 Å². The van der Waals surface area contributed by atoms with E-state index in [9.17, 15) is 0 Å². The summed E-state index contributed by atoms with van der Waals surface area (Å²) < 4.78 is 0.980. The van der Waals surface area contributed by atoms with E-state index < -0.39 is 0 Å². The Hall–Kier alpha value is -1.64. The van der Waals surface area contributed by atoms with Gasteiger partial charge in [0.05, 0.1) is 14.1 Å². The SMILES string of the molecule is C[N+](C)(Cc1ccccc1)Cc1ccccc1.[OH-]. The predicted molar refractivity (Wildman–Crippen MR) is 74.3 cm³/mol. The van der Waals surface area contributed by atoms with Crippen LogP contribution in [0.3, 0.4) is 0 Å². The topological polar surface area (TPSA) is 30.0 Å². The normalized spacial score (nSPS) is 10.8. The fourth-order valence-corrected chi connectivity index (χ4v) is 2.21. The zero-order chi connectivity index (χ0) is 12.1. The molecule has 0 saturated heterocycles. The van der Waals surface area contributed by atoms with Crippen molar-refractivity contribution >= 4 is 0 Å². The second-order valence-electron chi connectivity index (χ2n) is 5.22. The average molecular weight is 243 g/mol. The molecule has 0 unspecified atom stereocenters. The standard InChI is InChI=1S/C16H20N.H2O/c1-17(2,13-15-9-5-3-6-10-15)14-16-11-7-4-8-12-16;/h3-12H,13-14H2,1-2H3;1H2/q+1;/p-1. The van der Waals surface area contributed by atoms with E-state index in [1.807, 2.05) is 0 Å². The molecule has 2 nitrogen and oxygen atoms in total. The summed E-state index contributed by atoms with van der Waals surface area (Å²) in [6, 6.07) is 21.4. The number of rotatable bonds is 4. The molecule has 2 aromatic rings. The maximum absolute atomic E-state index is 2.28. The Balaban J connectivity index is 0.00000162. The van der Waals surface area contributed by atoms with Gasteiger partial charge in [-0.1, -0.05) is 60.7 Å². The second kappa shape index (κ2) is 6.34. The molecule has 0 aromatic heterocycles. The summed E-state index contributed by atoms with van der Waals surface area (Å²) in [6.45, 7) is 2.13. The maximum Gasteiger partial charge on any atom is 0.104 e. The number of nitrogens with zero attached hydrogens (tertiary/aromatic N) is 1. The fourth-order valence-electron chi connectivity index (χ4n) is 2.21. The lowest BCUT2D eigenvalue weighted by molar-refractivity contribution is -0.916. The Labute approximate surface area is 109 Å². The van der Waals surface area contributed by atoms with Crippen molar-refractivity contribution in [1.29, 1.82) is 0 Å². The molecule has 0 amide bonds. The zero-order valence-corrected chi connectivity index (χ0v) is 11.1. The summed E-state index contributed by atoms with van der Waals surface area (Å²) in [4.78, 5) is 0. The van der Waals surface area contributed by atoms with Gasteiger partial charge in [0.15, 0.2) is 0 Å². The van der Waals surface area contributed by atoms with Gasteiger partial charge in [-0.05, 0) is 0 Å². The van der Waals surface area contributed by atoms with Gasteiger partial charge in [0, 0.05) is 11.1 Å². The van der Waals surface area contributed by atoms with Crippen LogP contribution in [0.2, 0.25) is 0 Å². The van der Waals surface area contributed by atoms with E-state index in [0.717, 1.165) is 17.6 Å². The molecule has 0 aliphatic rings. The van der Waals surface area contributed by atoms with Crippen molar-refractivity contribution in [2.24, 2.45) is 0 Å². The van der Waals surface area contributed by atoms with E-state index in [2.05, 4.69) is 74.8 Å². The third kappa shape index (κ3) is 4.32. The van der Waals surface area contributed by atoms with Gasteiger partial charge in [-0.15, -0.1) is 0 Å². The fraction of sp³-hybridized carbons (Fsp3) is 0.250. The van der Waals surface area contributed by atoms with Crippen molar-refractivity contribution in [2.45, 2.75) is 13.1 Å². The first-order valence-corrected chi connectivity index (χ1v) is 6.06. The van der Waals surface area contributed by atoms with Gasteiger partial charge in [-0.25, -0.2) is 0 Å². The van der Waals surface area contributed by atoms with Crippen molar-refractivity contribution < 1.29 is 9.96 Å². The molecule has 0 aliphatic carbocycles. The molecule has 0 fully saturated rings. The number of quaternary nitrogens is 1. The molecule has 2 aromatic carbocycles. The van der Waals surface area contributed by atoms with Crippen LogP contribution in [0.5, 0.6) is 0 Å². The van der Waals surface area contributed by atoms with Crippen molar-refractivity contribution in [1.82, 2.24) is 0 Å². The highest BCUT2D eigenvalue weighted by Gasteiger charge is 2.16. The van der Waals surface area contributed by atoms with Crippen LogP contribution in [0.4, 0.5) is 0 Å². The van der Waals surface area contributed by atoms with E-state index in [4.69, 9.17) is 0 Å². The molecule has 2 heteroatoms. The van der Waals surface area contributed by atoms with Crippen molar-refractivity contribution in [3.63, 3.8) is 0 Å². The van der Waals surface area contributed by atoms with Gasteiger partial charge in [-0.3, -0.25) is 0 Å². The van der Waals surface area contributed by atoms with Crippen LogP contribution in [-0.2, 0) is 13.1 Å². The first-order chi connectivity index (χ1) is 8.16. The largest absolute Gasteiger partial charge is 0.870 e. The Morgan fingerprint density at radius 1 is 0.667 bits per heavy atom. The lowest BCUT2D eigenvalue weighted by atomic mass is 10.1. The molecule has 2 rings (SSSR count). The van der Waals surface area contributed by atoms with E-state index in [1.165, 1.54) is 11.1 Å². The minimum Gasteiger partial charge on any atom is -0.870 e. The quantitative estimate of drug-likeness (QED) is 0.758. The van der Waals surface area contributed by atoms with Gasteiger partial charge in [0.25, 0.3) is 0 Å². The van der Waals surface area contributed by atoms with Gasteiger partial charge >= 0.3 is 0 Å². The molecular weight excluding hydrogens is 222 g/mol. The first kappa shape index (κ1) is 14.4. The van der Waals surface area contributed by atoms with Gasteiger partial charge < -0.3 is 9.96 Å². The molecule has 0 heterocycles. The Kier molecular flexibility index (Phi) is 5.08. The Morgan fingerprint density at radius 2 is 1.00 bits per heavy atom. The van der Waals surface area contributed by atoms with Gasteiger partial charge in [0.1, 0.15) is 13.1 Å². The number of benzene rings is 2. The lowest BCUT2D eigenvalue weighted by Gasteiger charge is -2.30. The zero-order valence-electron chi connectivity index (χ0n) is 11.1. The molecule has 0 saturated carbocycles. The molecular formula is C16H21NO. The third-order valence-electron chi connectivity index (χ3n) is 2.91. The van der Waals surface area contributed by atoms with E-state index in [0.29, 0.717) is 0 Å². The monoisotopic (exact) mass is 243 g/mol. The summed E-state index contributed by atoms with van der Waals surface area (Å²) in [5, 5.41) is 0. The molecule has 1 N–H and O–H groups in total. The molecule has 96 valence electrons. The minimum atomic E-state index is 0. The van der Waals surface area contributed by atoms with Crippen LogP contribution in [0.15, 0.2) is 60.7 Å². The number of hydrogen-bond acceptors (Lipinski definition) is 1. The lowest BCUT2D eigenvalue weighted by Crippen LogP contribution is -2.37. The van der Waals surface area contributed by atoms with E-state index >= 15 is 0 Å². The second-order valence-corrected chi connectivity index (χ2v) is 5.22. The van der Waals surface area contributed by atoms with Crippen molar-refractivity contribution in [3.8, 4) is 0 Å². The predicted octanol–water partition coefficient (Wildman–Crippen LogP) is 3.29. The van der Waals surface area contributed by atoms with Crippen LogP contribution >= 0.6 is 0 Å². The first-order valence-electron chi connectivity index (χ1n) is 6.06. The summed E-state index contributed by atoms with van der Waals surface area (Å²) >= 11 is 0. The summed E-state index contributed by atoms with van der Waals surface area (Å²) in [7, 11) is 4.56.